The van der Waals surface area contributed by atoms with Gasteiger partial charge in [0.2, 0.25) is 0 Å². The first kappa shape index (κ1) is 31.2. The van der Waals surface area contributed by atoms with Gasteiger partial charge in [-0.2, -0.15) is 16.8 Å². The highest BCUT2D eigenvalue weighted by molar-refractivity contribution is 7.87. The molecule has 0 aliphatic heterocycles. The maximum Gasteiger partial charge on any atom is 0.339 e. The molecule has 45 heavy (non-hydrogen) atoms. The number of ether oxygens (including phenoxy) is 1. The fourth-order valence-electron chi connectivity index (χ4n) is 6.30. The van der Waals surface area contributed by atoms with Crippen LogP contribution in [0.1, 0.15) is 87.2 Å². The summed E-state index contributed by atoms with van der Waals surface area (Å²) in [6.45, 7) is 0. The monoisotopic (exact) mass is 646 g/mol. The molecule has 0 N–H and O–H groups in total. The van der Waals surface area contributed by atoms with E-state index in [4.69, 9.17) is 13.1 Å². The van der Waals surface area contributed by atoms with Gasteiger partial charge >= 0.3 is 20.2 Å². The minimum Gasteiger partial charge on any atom is -0.457 e. The molecule has 0 amide bonds. The Morgan fingerprint density at radius 2 is 0.711 bits per heavy atom. The van der Waals surface area contributed by atoms with Gasteiger partial charge in [-0.3, -0.25) is 0 Å². The molecule has 236 valence electrons. The normalized spacial score (nSPS) is 16.6. The molecule has 4 aromatic carbocycles. The molecule has 0 radical (unpaired) electrons. The molecule has 4 aromatic rings. The molecule has 9 heteroatoms. The summed E-state index contributed by atoms with van der Waals surface area (Å²) in [4.78, 5) is -0.00635. The van der Waals surface area contributed by atoms with Crippen LogP contribution in [0.5, 0.6) is 23.0 Å². The van der Waals surface area contributed by atoms with E-state index in [2.05, 4.69) is 0 Å². The summed E-state index contributed by atoms with van der Waals surface area (Å²) >= 11 is 0. The van der Waals surface area contributed by atoms with E-state index in [1.807, 2.05) is 24.3 Å². The van der Waals surface area contributed by atoms with Crippen LogP contribution in [0.2, 0.25) is 0 Å². The molecule has 0 bridgehead atoms. The maximum absolute atomic E-state index is 12.9. The van der Waals surface area contributed by atoms with Crippen molar-refractivity contribution in [2.45, 2.75) is 85.8 Å². The lowest BCUT2D eigenvalue weighted by Gasteiger charge is -2.22. The van der Waals surface area contributed by atoms with Gasteiger partial charge in [0, 0.05) is 0 Å². The van der Waals surface area contributed by atoms with Crippen molar-refractivity contribution in [1.82, 2.24) is 0 Å². The van der Waals surface area contributed by atoms with Gasteiger partial charge in [-0.05, 0) is 121 Å². The van der Waals surface area contributed by atoms with Crippen LogP contribution in [0, 0.1) is 0 Å². The van der Waals surface area contributed by atoms with Gasteiger partial charge in [0.1, 0.15) is 32.8 Å². The van der Waals surface area contributed by atoms with Crippen molar-refractivity contribution in [2.75, 3.05) is 0 Å². The van der Waals surface area contributed by atoms with E-state index in [-0.39, 0.29) is 21.3 Å². The molecule has 7 nitrogen and oxygen atoms in total. The smallest absolute Gasteiger partial charge is 0.339 e. The van der Waals surface area contributed by atoms with Crippen LogP contribution in [-0.4, -0.2) is 16.8 Å². The van der Waals surface area contributed by atoms with Gasteiger partial charge in [-0.15, -0.1) is 0 Å². The Balaban J connectivity index is 1.04. The van der Waals surface area contributed by atoms with E-state index in [0.717, 1.165) is 0 Å². The van der Waals surface area contributed by atoms with E-state index >= 15 is 0 Å². The van der Waals surface area contributed by atoms with Crippen LogP contribution in [0.15, 0.2) is 107 Å². The number of benzene rings is 4. The Morgan fingerprint density at radius 3 is 1.04 bits per heavy atom. The minimum atomic E-state index is -4.03. The number of rotatable bonds is 10. The highest BCUT2D eigenvalue weighted by Gasteiger charge is 2.21. The van der Waals surface area contributed by atoms with Crippen molar-refractivity contribution in [3.8, 4) is 23.0 Å². The van der Waals surface area contributed by atoms with Crippen molar-refractivity contribution in [1.29, 1.82) is 0 Å². The molecule has 6 rings (SSSR count). The third-order valence-corrected chi connectivity index (χ3v) is 11.3. The Hall–Kier alpha value is -3.82. The predicted octanol–water partition coefficient (Wildman–Crippen LogP) is 9.11. The second kappa shape index (κ2) is 13.7. The zero-order valence-electron chi connectivity index (χ0n) is 25.1. The highest BCUT2D eigenvalue weighted by Crippen LogP contribution is 2.35. The predicted molar refractivity (Wildman–Crippen MR) is 173 cm³/mol. The van der Waals surface area contributed by atoms with E-state index in [1.165, 1.54) is 124 Å². The quantitative estimate of drug-likeness (QED) is 0.159. The van der Waals surface area contributed by atoms with Gasteiger partial charge in [0.05, 0.1) is 0 Å². The van der Waals surface area contributed by atoms with Crippen molar-refractivity contribution in [3.05, 3.63) is 108 Å². The molecular formula is C36H38O7S2. The Morgan fingerprint density at radius 1 is 0.400 bits per heavy atom. The van der Waals surface area contributed by atoms with Gasteiger partial charge < -0.3 is 13.1 Å². The zero-order chi connectivity index (χ0) is 31.3. The fourth-order valence-corrected chi connectivity index (χ4v) is 8.16. The summed E-state index contributed by atoms with van der Waals surface area (Å²) in [5, 5.41) is 0. The van der Waals surface area contributed by atoms with Crippen LogP contribution >= 0.6 is 0 Å². The average molecular weight is 647 g/mol. The lowest BCUT2D eigenvalue weighted by molar-refractivity contribution is 0.443. The third-order valence-electron chi connectivity index (χ3n) is 8.79. The summed E-state index contributed by atoms with van der Waals surface area (Å²) in [7, 11) is -8.07. The number of hydrogen-bond donors (Lipinski definition) is 0. The summed E-state index contributed by atoms with van der Waals surface area (Å²) < 4.78 is 68.1. The van der Waals surface area contributed by atoms with E-state index in [1.54, 1.807) is 24.3 Å². The second-order valence-electron chi connectivity index (χ2n) is 11.9. The van der Waals surface area contributed by atoms with Crippen molar-refractivity contribution >= 4 is 20.2 Å². The minimum absolute atomic E-state index is 0.00318. The third kappa shape index (κ3) is 7.89. The molecule has 0 atom stereocenters. The van der Waals surface area contributed by atoms with Crippen LogP contribution in [0.4, 0.5) is 0 Å². The molecule has 0 unspecified atom stereocenters. The summed E-state index contributed by atoms with van der Waals surface area (Å²) in [6, 6.07) is 26.4. The van der Waals surface area contributed by atoms with Crippen molar-refractivity contribution < 1.29 is 29.9 Å². The molecule has 2 aliphatic rings. The molecule has 0 aromatic heterocycles. The Kier molecular flexibility index (Phi) is 9.47. The van der Waals surface area contributed by atoms with Crippen molar-refractivity contribution in [3.63, 3.8) is 0 Å². The topological polar surface area (TPSA) is 96.0 Å². The molecule has 0 saturated heterocycles. The lowest BCUT2D eigenvalue weighted by Crippen LogP contribution is -2.10. The molecule has 0 heterocycles. The van der Waals surface area contributed by atoms with Crippen LogP contribution in [0.3, 0.4) is 0 Å². The fraction of sp³-hybridized carbons (Fsp3) is 0.333. The molecular weight excluding hydrogens is 609 g/mol. The first-order valence-corrected chi connectivity index (χ1v) is 18.5. The van der Waals surface area contributed by atoms with Gasteiger partial charge in [0.25, 0.3) is 0 Å². The van der Waals surface area contributed by atoms with Gasteiger partial charge in [-0.25, -0.2) is 0 Å². The maximum atomic E-state index is 12.9. The Labute approximate surface area is 266 Å². The summed E-state index contributed by atoms with van der Waals surface area (Å²) in [5.41, 5.74) is 2.44. The first-order valence-electron chi connectivity index (χ1n) is 15.7. The Bertz CT molecular complexity index is 1630. The lowest BCUT2D eigenvalue weighted by atomic mass is 9.84. The van der Waals surface area contributed by atoms with Gasteiger partial charge in [0.15, 0.2) is 0 Å². The molecule has 2 aliphatic carbocycles. The average Bonchev–Trinajstić information content (AvgIpc) is 3.06. The highest BCUT2D eigenvalue weighted by atomic mass is 32.2. The summed E-state index contributed by atoms with van der Waals surface area (Å²) in [6.07, 6.45) is 12.1. The van der Waals surface area contributed by atoms with E-state index < -0.39 is 20.2 Å². The van der Waals surface area contributed by atoms with E-state index in [9.17, 15) is 16.8 Å². The zero-order valence-corrected chi connectivity index (χ0v) is 26.8. The van der Waals surface area contributed by atoms with Crippen LogP contribution in [-0.2, 0) is 20.2 Å². The SMILES string of the molecule is O=S(=O)(Oc1ccc(C2CCCCC2)cc1)c1ccc(Oc2ccc(S(=O)(=O)Oc3ccc(C4CCCCC4)cc3)cc2)cc1. The standard InChI is InChI=1S/C36H38O7S2/c37-44(38,42-33-15-11-29(12-16-33)27-7-3-1-4-8-27)35-23-19-31(20-24-35)41-32-21-25-36(26-22-32)45(39,40)43-34-17-13-30(14-18-34)28-9-5-2-6-10-28/h11-28H,1-10H2. The molecule has 2 saturated carbocycles. The number of hydrogen-bond acceptors (Lipinski definition) is 7. The largest absolute Gasteiger partial charge is 0.457 e. The van der Waals surface area contributed by atoms with Crippen LogP contribution < -0.4 is 13.1 Å². The summed E-state index contributed by atoms with van der Waals surface area (Å²) in [5.74, 6) is 2.36. The van der Waals surface area contributed by atoms with Crippen LogP contribution in [0.25, 0.3) is 0 Å². The molecule has 0 spiro atoms. The van der Waals surface area contributed by atoms with Crippen molar-refractivity contribution in [2.24, 2.45) is 0 Å². The first-order chi connectivity index (χ1) is 21.7. The van der Waals surface area contributed by atoms with Gasteiger partial charge in [-0.1, -0.05) is 62.8 Å². The molecule has 2 fully saturated rings. The van der Waals surface area contributed by atoms with E-state index in [0.29, 0.717) is 23.3 Å². The second-order valence-corrected chi connectivity index (χ2v) is 15.0.